The van der Waals surface area contributed by atoms with Gasteiger partial charge in [-0.15, -0.1) is 10.2 Å². The Balaban J connectivity index is 2.14. The SMILES string of the molecule is Cn1nnc(COc2cc(Br)cc(F)c2F)n1. The fourth-order valence-corrected chi connectivity index (χ4v) is 1.57. The lowest BCUT2D eigenvalue weighted by Gasteiger charge is -2.05. The van der Waals surface area contributed by atoms with Gasteiger partial charge in [0.25, 0.3) is 0 Å². The summed E-state index contributed by atoms with van der Waals surface area (Å²) in [6, 6.07) is 2.34. The van der Waals surface area contributed by atoms with Crippen molar-refractivity contribution in [2.75, 3.05) is 0 Å². The standard InChI is InChI=1S/C9H7BrF2N4O/c1-16-14-8(13-15-16)4-17-7-3-5(10)2-6(11)9(7)12/h2-3H,4H2,1H3. The van der Waals surface area contributed by atoms with Crippen molar-refractivity contribution in [2.24, 2.45) is 7.05 Å². The molecule has 0 aliphatic heterocycles. The fraction of sp³-hybridized carbons (Fsp3) is 0.222. The molecule has 0 aliphatic rings. The summed E-state index contributed by atoms with van der Waals surface area (Å²) in [4.78, 5) is 1.25. The molecule has 0 aliphatic carbocycles. The van der Waals surface area contributed by atoms with Gasteiger partial charge < -0.3 is 4.74 Å². The van der Waals surface area contributed by atoms with Crippen LogP contribution in [0.25, 0.3) is 0 Å². The van der Waals surface area contributed by atoms with Crippen molar-refractivity contribution in [2.45, 2.75) is 6.61 Å². The molecule has 1 heterocycles. The van der Waals surface area contributed by atoms with E-state index in [1.165, 1.54) is 10.9 Å². The van der Waals surface area contributed by atoms with Gasteiger partial charge in [0.05, 0.1) is 7.05 Å². The minimum Gasteiger partial charge on any atom is -0.482 e. The molecular weight excluding hydrogens is 298 g/mol. The quantitative estimate of drug-likeness (QED) is 0.812. The number of aryl methyl sites for hydroxylation is 1. The number of rotatable bonds is 3. The van der Waals surface area contributed by atoms with Crippen molar-refractivity contribution < 1.29 is 13.5 Å². The van der Waals surface area contributed by atoms with Crippen LogP contribution in [0.5, 0.6) is 5.75 Å². The fourth-order valence-electron chi connectivity index (χ4n) is 1.16. The highest BCUT2D eigenvalue weighted by Crippen LogP contribution is 2.25. The van der Waals surface area contributed by atoms with Gasteiger partial charge in [-0.2, -0.15) is 9.19 Å². The Morgan fingerprint density at radius 3 is 2.82 bits per heavy atom. The summed E-state index contributed by atoms with van der Waals surface area (Å²) in [6.45, 7) is -0.0827. The van der Waals surface area contributed by atoms with Crippen LogP contribution in [0.2, 0.25) is 0 Å². The number of hydrogen-bond donors (Lipinski definition) is 0. The van der Waals surface area contributed by atoms with Crippen molar-refractivity contribution >= 4 is 15.9 Å². The van der Waals surface area contributed by atoms with E-state index in [9.17, 15) is 8.78 Å². The average molecular weight is 305 g/mol. The first kappa shape index (κ1) is 11.9. The van der Waals surface area contributed by atoms with Crippen LogP contribution in [0, 0.1) is 11.6 Å². The number of hydrogen-bond acceptors (Lipinski definition) is 4. The van der Waals surface area contributed by atoms with E-state index in [4.69, 9.17) is 4.74 Å². The van der Waals surface area contributed by atoms with E-state index in [0.29, 0.717) is 4.47 Å². The molecule has 0 radical (unpaired) electrons. The van der Waals surface area contributed by atoms with Gasteiger partial charge in [-0.1, -0.05) is 15.9 Å². The number of halogens is 3. The molecule has 1 aromatic heterocycles. The topological polar surface area (TPSA) is 52.8 Å². The number of nitrogens with zero attached hydrogens (tertiary/aromatic N) is 4. The molecule has 90 valence electrons. The van der Waals surface area contributed by atoms with E-state index in [-0.39, 0.29) is 18.2 Å². The van der Waals surface area contributed by atoms with Gasteiger partial charge in [0.2, 0.25) is 11.6 Å². The highest BCUT2D eigenvalue weighted by Gasteiger charge is 2.12. The van der Waals surface area contributed by atoms with Gasteiger partial charge in [-0.3, -0.25) is 0 Å². The van der Waals surface area contributed by atoms with Crippen molar-refractivity contribution in [1.29, 1.82) is 0 Å². The molecule has 0 spiro atoms. The zero-order valence-corrected chi connectivity index (χ0v) is 10.3. The molecule has 0 unspecified atom stereocenters. The summed E-state index contributed by atoms with van der Waals surface area (Å²) in [5.74, 6) is -1.95. The van der Waals surface area contributed by atoms with Crippen LogP contribution in [-0.2, 0) is 13.7 Å². The van der Waals surface area contributed by atoms with Crippen molar-refractivity contribution in [3.8, 4) is 5.75 Å². The molecule has 0 saturated carbocycles. The first-order valence-electron chi connectivity index (χ1n) is 4.56. The minimum atomic E-state index is -1.04. The van der Waals surface area contributed by atoms with E-state index in [0.717, 1.165) is 6.07 Å². The van der Waals surface area contributed by atoms with E-state index in [2.05, 4.69) is 31.3 Å². The van der Waals surface area contributed by atoms with Crippen molar-refractivity contribution in [1.82, 2.24) is 20.2 Å². The molecule has 0 N–H and O–H groups in total. The van der Waals surface area contributed by atoms with E-state index >= 15 is 0 Å². The summed E-state index contributed by atoms with van der Waals surface area (Å²) in [5.41, 5.74) is 0. The number of tetrazole rings is 1. The Morgan fingerprint density at radius 1 is 1.41 bits per heavy atom. The van der Waals surface area contributed by atoms with Gasteiger partial charge >= 0.3 is 0 Å². The monoisotopic (exact) mass is 304 g/mol. The summed E-state index contributed by atoms with van der Waals surface area (Å²) in [5, 5.41) is 11.1. The lowest BCUT2D eigenvalue weighted by Crippen LogP contribution is -2.01. The molecule has 8 heteroatoms. The van der Waals surface area contributed by atoms with Crippen molar-refractivity contribution in [3.05, 3.63) is 34.1 Å². The normalized spacial score (nSPS) is 10.6. The predicted molar refractivity (Wildman–Crippen MR) is 57.2 cm³/mol. The molecule has 0 bridgehead atoms. The third-order valence-electron chi connectivity index (χ3n) is 1.87. The Labute approximate surface area is 104 Å². The zero-order valence-electron chi connectivity index (χ0n) is 8.69. The summed E-state index contributed by atoms with van der Waals surface area (Å²) in [7, 11) is 1.59. The third-order valence-corrected chi connectivity index (χ3v) is 2.32. The minimum absolute atomic E-state index is 0.0827. The largest absolute Gasteiger partial charge is 0.482 e. The molecule has 1 aromatic carbocycles. The number of ether oxygens (including phenoxy) is 1. The third kappa shape index (κ3) is 2.76. The highest BCUT2D eigenvalue weighted by molar-refractivity contribution is 9.10. The Morgan fingerprint density at radius 2 is 2.18 bits per heavy atom. The maximum atomic E-state index is 13.3. The molecule has 0 amide bonds. The molecule has 0 atom stereocenters. The van der Waals surface area contributed by atoms with Crippen LogP contribution < -0.4 is 4.74 Å². The second-order valence-corrected chi connectivity index (χ2v) is 4.10. The Hall–Kier alpha value is -1.57. The summed E-state index contributed by atoms with van der Waals surface area (Å²) >= 11 is 3.04. The smallest absolute Gasteiger partial charge is 0.212 e. The highest BCUT2D eigenvalue weighted by atomic mass is 79.9. The van der Waals surface area contributed by atoms with Gasteiger partial charge in [0.15, 0.2) is 18.2 Å². The summed E-state index contributed by atoms with van der Waals surface area (Å²) in [6.07, 6.45) is 0. The van der Waals surface area contributed by atoms with E-state index < -0.39 is 11.6 Å². The van der Waals surface area contributed by atoms with Crippen LogP contribution in [0.4, 0.5) is 8.78 Å². The first-order valence-corrected chi connectivity index (χ1v) is 5.36. The Kier molecular flexibility index (Phi) is 3.32. The average Bonchev–Trinajstić information content (AvgIpc) is 2.67. The maximum absolute atomic E-state index is 13.3. The van der Waals surface area contributed by atoms with E-state index in [1.807, 2.05) is 0 Å². The van der Waals surface area contributed by atoms with E-state index in [1.54, 1.807) is 7.05 Å². The van der Waals surface area contributed by atoms with Crippen LogP contribution in [0.15, 0.2) is 16.6 Å². The second kappa shape index (κ2) is 4.74. The molecule has 17 heavy (non-hydrogen) atoms. The van der Waals surface area contributed by atoms with Gasteiger partial charge in [0, 0.05) is 4.47 Å². The Bertz CT molecular complexity index is 546. The zero-order chi connectivity index (χ0) is 12.4. The predicted octanol–water partition coefficient (Wildman–Crippen LogP) is 1.83. The number of aromatic nitrogens is 4. The van der Waals surface area contributed by atoms with Gasteiger partial charge in [-0.05, 0) is 17.3 Å². The molecule has 2 aromatic rings. The van der Waals surface area contributed by atoms with Crippen LogP contribution >= 0.6 is 15.9 Å². The first-order chi connectivity index (χ1) is 8.06. The van der Waals surface area contributed by atoms with Crippen LogP contribution in [0.3, 0.4) is 0 Å². The lowest BCUT2D eigenvalue weighted by molar-refractivity contribution is 0.275. The molecular formula is C9H7BrF2N4O. The van der Waals surface area contributed by atoms with Crippen molar-refractivity contribution in [3.63, 3.8) is 0 Å². The second-order valence-electron chi connectivity index (χ2n) is 3.18. The molecule has 0 fully saturated rings. The molecule has 0 saturated heterocycles. The molecule has 5 nitrogen and oxygen atoms in total. The number of benzene rings is 1. The van der Waals surface area contributed by atoms with Gasteiger partial charge in [0.1, 0.15) is 0 Å². The lowest BCUT2D eigenvalue weighted by atomic mass is 10.3. The summed E-state index contributed by atoms with van der Waals surface area (Å²) < 4.78 is 31.8. The van der Waals surface area contributed by atoms with Crippen LogP contribution in [0.1, 0.15) is 5.82 Å². The maximum Gasteiger partial charge on any atom is 0.212 e. The van der Waals surface area contributed by atoms with Crippen LogP contribution in [-0.4, -0.2) is 20.2 Å². The van der Waals surface area contributed by atoms with Gasteiger partial charge in [-0.25, -0.2) is 4.39 Å². The molecule has 2 rings (SSSR count).